The highest BCUT2D eigenvalue weighted by molar-refractivity contribution is 8.05. The van der Waals surface area contributed by atoms with Crippen molar-refractivity contribution in [3.63, 3.8) is 0 Å². The third-order valence-corrected chi connectivity index (χ3v) is 4.34. The van der Waals surface area contributed by atoms with E-state index in [9.17, 15) is 9.59 Å². The van der Waals surface area contributed by atoms with E-state index in [4.69, 9.17) is 0 Å². The molecule has 0 saturated carbocycles. The van der Waals surface area contributed by atoms with E-state index in [1.165, 1.54) is 30.1 Å². The molecule has 118 valence electrons. The van der Waals surface area contributed by atoms with E-state index < -0.39 is 0 Å². The molecule has 1 heterocycles. The SMILES string of the molecule is CNC(=O)N/C(C)=C(\C=O)SNc1ccc2c(c1)CNCC2. The largest absolute Gasteiger partial charge is 0.341 e. The number of hydrogen-bond donors (Lipinski definition) is 4. The second kappa shape index (κ2) is 7.86. The van der Waals surface area contributed by atoms with Crippen LogP contribution >= 0.6 is 11.9 Å². The van der Waals surface area contributed by atoms with E-state index in [0.29, 0.717) is 10.6 Å². The minimum Gasteiger partial charge on any atom is -0.341 e. The van der Waals surface area contributed by atoms with Crippen LogP contribution in [-0.4, -0.2) is 25.9 Å². The van der Waals surface area contributed by atoms with Crippen molar-refractivity contribution in [3.05, 3.63) is 39.9 Å². The van der Waals surface area contributed by atoms with Crippen molar-refractivity contribution < 1.29 is 9.59 Å². The third-order valence-electron chi connectivity index (χ3n) is 3.38. The van der Waals surface area contributed by atoms with E-state index in [0.717, 1.165) is 31.5 Å². The summed E-state index contributed by atoms with van der Waals surface area (Å²) in [7, 11) is 1.52. The van der Waals surface area contributed by atoms with Gasteiger partial charge < -0.3 is 20.7 Å². The van der Waals surface area contributed by atoms with E-state index in [1.807, 2.05) is 6.07 Å². The van der Waals surface area contributed by atoms with E-state index >= 15 is 0 Å². The van der Waals surface area contributed by atoms with Gasteiger partial charge in [-0.05, 0) is 55.1 Å². The summed E-state index contributed by atoms with van der Waals surface area (Å²) < 4.78 is 3.15. The Balaban J connectivity index is 2.02. The molecule has 0 aromatic heterocycles. The summed E-state index contributed by atoms with van der Waals surface area (Å²) in [6.45, 7) is 3.56. The van der Waals surface area contributed by atoms with Crippen LogP contribution in [-0.2, 0) is 17.8 Å². The summed E-state index contributed by atoms with van der Waals surface area (Å²) in [6, 6.07) is 5.84. The number of aldehydes is 1. The highest BCUT2D eigenvalue weighted by atomic mass is 32.2. The van der Waals surface area contributed by atoms with Crippen LogP contribution in [0.1, 0.15) is 18.1 Å². The Hall–Kier alpha value is -1.99. The Labute approximate surface area is 134 Å². The molecule has 2 rings (SSSR count). The molecule has 0 aliphatic carbocycles. The lowest BCUT2D eigenvalue weighted by molar-refractivity contribution is -0.104. The fraction of sp³-hybridized carbons (Fsp3) is 0.333. The maximum Gasteiger partial charge on any atom is 0.318 e. The Morgan fingerprint density at radius 3 is 2.91 bits per heavy atom. The number of anilines is 1. The summed E-state index contributed by atoms with van der Waals surface area (Å²) in [5.41, 5.74) is 4.07. The average molecular weight is 320 g/mol. The predicted octanol–water partition coefficient (Wildman–Crippen LogP) is 1.75. The molecule has 0 fully saturated rings. The number of carbonyl (C=O) groups is 2. The minimum atomic E-state index is -0.350. The molecule has 4 N–H and O–H groups in total. The summed E-state index contributed by atoms with van der Waals surface area (Å²) in [6.07, 6.45) is 1.76. The monoisotopic (exact) mass is 320 g/mol. The molecule has 1 aliphatic heterocycles. The smallest absolute Gasteiger partial charge is 0.318 e. The lowest BCUT2D eigenvalue weighted by Gasteiger charge is -2.18. The van der Waals surface area contributed by atoms with Gasteiger partial charge in [-0.3, -0.25) is 4.79 Å². The number of fused-ring (bicyclic) bond motifs is 1. The van der Waals surface area contributed by atoms with Crippen molar-refractivity contribution in [2.75, 3.05) is 18.3 Å². The van der Waals surface area contributed by atoms with Gasteiger partial charge in [0, 0.05) is 25.0 Å². The normalized spacial score (nSPS) is 14.5. The van der Waals surface area contributed by atoms with Crippen LogP contribution in [0.15, 0.2) is 28.8 Å². The molecule has 2 amide bonds. The predicted molar refractivity (Wildman–Crippen MR) is 89.4 cm³/mol. The average Bonchev–Trinajstić information content (AvgIpc) is 2.55. The Kier molecular flexibility index (Phi) is 5.85. The zero-order valence-electron chi connectivity index (χ0n) is 12.7. The van der Waals surface area contributed by atoms with Crippen molar-refractivity contribution in [1.29, 1.82) is 0 Å². The molecule has 6 nitrogen and oxygen atoms in total. The topological polar surface area (TPSA) is 82.3 Å². The second-order valence-electron chi connectivity index (χ2n) is 4.93. The van der Waals surface area contributed by atoms with Crippen LogP contribution in [0.4, 0.5) is 10.5 Å². The lowest BCUT2D eigenvalue weighted by atomic mass is 10.0. The summed E-state index contributed by atoms with van der Waals surface area (Å²) in [5, 5.41) is 8.38. The van der Waals surface area contributed by atoms with Crippen molar-refractivity contribution >= 4 is 30.0 Å². The number of benzene rings is 1. The van der Waals surface area contributed by atoms with E-state index in [1.54, 1.807) is 6.92 Å². The number of rotatable bonds is 5. The third kappa shape index (κ3) is 4.25. The molecule has 22 heavy (non-hydrogen) atoms. The fourth-order valence-corrected chi connectivity index (χ4v) is 2.75. The molecule has 1 aromatic carbocycles. The van der Waals surface area contributed by atoms with Crippen LogP contribution in [0.25, 0.3) is 0 Å². The van der Waals surface area contributed by atoms with Gasteiger partial charge in [0.25, 0.3) is 0 Å². The van der Waals surface area contributed by atoms with Gasteiger partial charge in [0.15, 0.2) is 6.29 Å². The Morgan fingerprint density at radius 1 is 1.36 bits per heavy atom. The molecule has 1 aromatic rings. The molecule has 0 unspecified atom stereocenters. The second-order valence-corrected chi connectivity index (χ2v) is 5.77. The minimum absolute atomic E-state index is 0.350. The first-order valence-electron chi connectivity index (χ1n) is 7.04. The maximum absolute atomic E-state index is 11.3. The van der Waals surface area contributed by atoms with Gasteiger partial charge in [-0.15, -0.1) is 0 Å². The zero-order chi connectivity index (χ0) is 15.9. The maximum atomic E-state index is 11.3. The van der Waals surface area contributed by atoms with Gasteiger partial charge in [0.05, 0.1) is 4.91 Å². The van der Waals surface area contributed by atoms with Gasteiger partial charge in [-0.2, -0.15) is 0 Å². The van der Waals surface area contributed by atoms with Crippen molar-refractivity contribution in [1.82, 2.24) is 16.0 Å². The quantitative estimate of drug-likeness (QED) is 0.377. The van der Waals surface area contributed by atoms with Gasteiger partial charge in [-0.1, -0.05) is 6.07 Å². The van der Waals surface area contributed by atoms with Crippen LogP contribution in [0.5, 0.6) is 0 Å². The summed E-state index contributed by atoms with van der Waals surface area (Å²) in [5.74, 6) is 0. The summed E-state index contributed by atoms with van der Waals surface area (Å²) >= 11 is 1.18. The molecule has 0 spiro atoms. The number of amides is 2. The first-order chi connectivity index (χ1) is 10.6. The molecular formula is C15H20N4O2S. The van der Waals surface area contributed by atoms with Gasteiger partial charge in [-0.25, -0.2) is 4.79 Å². The van der Waals surface area contributed by atoms with Crippen LogP contribution < -0.4 is 20.7 Å². The van der Waals surface area contributed by atoms with Gasteiger partial charge in [0.1, 0.15) is 0 Å². The van der Waals surface area contributed by atoms with E-state index in [2.05, 4.69) is 32.8 Å². The fourth-order valence-electron chi connectivity index (χ4n) is 2.14. The zero-order valence-corrected chi connectivity index (χ0v) is 13.5. The number of carbonyl (C=O) groups excluding carboxylic acids is 2. The first kappa shape index (κ1) is 16.4. The van der Waals surface area contributed by atoms with Crippen LogP contribution in [0.3, 0.4) is 0 Å². The highest BCUT2D eigenvalue weighted by Gasteiger charge is 2.10. The van der Waals surface area contributed by atoms with Crippen LogP contribution in [0, 0.1) is 0 Å². The molecule has 1 aliphatic rings. The van der Waals surface area contributed by atoms with Gasteiger partial charge in [0.2, 0.25) is 0 Å². The van der Waals surface area contributed by atoms with Gasteiger partial charge >= 0.3 is 6.03 Å². The number of hydrogen-bond acceptors (Lipinski definition) is 5. The molecular weight excluding hydrogens is 300 g/mol. The standard InChI is InChI=1S/C15H20N4O2S/c1-10(18-15(21)16-2)14(9-20)22-19-13-4-3-11-5-6-17-8-12(11)7-13/h3-4,7,9,17,19H,5-6,8H2,1-2H3,(H2,16,18,21)/b14-10+. The first-order valence-corrected chi connectivity index (χ1v) is 7.86. The molecule has 0 atom stereocenters. The number of nitrogens with one attached hydrogen (secondary N) is 4. The Morgan fingerprint density at radius 2 is 2.18 bits per heavy atom. The molecule has 7 heteroatoms. The highest BCUT2D eigenvalue weighted by Crippen LogP contribution is 2.24. The Bertz CT molecular complexity index is 601. The van der Waals surface area contributed by atoms with Crippen molar-refractivity contribution in [2.24, 2.45) is 0 Å². The lowest BCUT2D eigenvalue weighted by Crippen LogP contribution is -2.31. The van der Waals surface area contributed by atoms with Crippen molar-refractivity contribution in [3.8, 4) is 0 Å². The molecule has 0 bridgehead atoms. The number of allylic oxidation sites excluding steroid dienone is 2. The molecule has 0 radical (unpaired) electrons. The van der Waals surface area contributed by atoms with E-state index in [-0.39, 0.29) is 6.03 Å². The van der Waals surface area contributed by atoms with Crippen molar-refractivity contribution in [2.45, 2.75) is 19.9 Å². The molecule has 0 saturated heterocycles. The van der Waals surface area contributed by atoms with Crippen LogP contribution in [0.2, 0.25) is 0 Å². The summed E-state index contributed by atoms with van der Waals surface area (Å²) in [4.78, 5) is 22.9. The number of urea groups is 1.